The molecule has 0 aliphatic carbocycles. The number of anilines is 1. The Morgan fingerprint density at radius 2 is 2.19 bits per heavy atom. The van der Waals surface area contributed by atoms with Gasteiger partial charge < -0.3 is 14.6 Å². The third-order valence-electron chi connectivity index (χ3n) is 3.56. The van der Waals surface area contributed by atoms with Gasteiger partial charge in [0.05, 0.1) is 13.2 Å². The second-order valence-electron chi connectivity index (χ2n) is 6.20. The van der Waals surface area contributed by atoms with Crippen molar-refractivity contribution in [1.29, 1.82) is 0 Å². The smallest absolute Gasteiger partial charge is 0.258 e. The maximum Gasteiger partial charge on any atom is 0.258 e. The van der Waals surface area contributed by atoms with Crippen molar-refractivity contribution in [2.75, 3.05) is 25.1 Å². The summed E-state index contributed by atoms with van der Waals surface area (Å²) in [5, 5.41) is 7.33. The van der Waals surface area contributed by atoms with Crippen LogP contribution < -0.4 is 5.32 Å². The summed E-state index contributed by atoms with van der Waals surface area (Å²) in [5.74, 6) is 2.31. The Bertz CT molecular complexity index is 620. The van der Waals surface area contributed by atoms with E-state index >= 15 is 0 Å². The van der Waals surface area contributed by atoms with E-state index in [-0.39, 0.29) is 11.3 Å². The fourth-order valence-corrected chi connectivity index (χ4v) is 2.10. The number of rotatable bonds is 5. The second kappa shape index (κ2) is 5.44. The first-order valence-electron chi connectivity index (χ1n) is 7.17. The van der Waals surface area contributed by atoms with Gasteiger partial charge in [0.2, 0.25) is 0 Å². The molecule has 21 heavy (non-hydrogen) atoms. The minimum Gasteiger partial charge on any atom is -0.380 e. The van der Waals surface area contributed by atoms with Crippen LogP contribution in [0.1, 0.15) is 32.5 Å². The Balaban J connectivity index is 1.72. The van der Waals surface area contributed by atoms with Crippen LogP contribution in [0.3, 0.4) is 0 Å². The van der Waals surface area contributed by atoms with Crippen LogP contribution in [-0.2, 0) is 4.74 Å². The predicted molar refractivity (Wildman–Crippen MR) is 79.0 cm³/mol. The van der Waals surface area contributed by atoms with Crippen LogP contribution in [0.15, 0.2) is 22.9 Å². The molecule has 2 aromatic heterocycles. The molecule has 0 unspecified atom stereocenters. The lowest BCUT2D eigenvalue weighted by atomic mass is 9.89. The highest BCUT2D eigenvalue weighted by molar-refractivity contribution is 5.57. The molecule has 1 N–H and O–H groups in total. The summed E-state index contributed by atoms with van der Waals surface area (Å²) in [4.78, 5) is 8.73. The lowest BCUT2D eigenvalue weighted by Crippen LogP contribution is -2.45. The van der Waals surface area contributed by atoms with E-state index in [4.69, 9.17) is 9.26 Å². The monoisotopic (exact) mass is 288 g/mol. The second-order valence-corrected chi connectivity index (χ2v) is 6.20. The molecule has 1 aliphatic rings. The van der Waals surface area contributed by atoms with E-state index in [1.165, 1.54) is 0 Å². The summed E-state index contributed by atoms with van der Waals surface area (Å²) in [6.45, 7) is 8.69. The van der Waals surface area contributed by atoms with Gasteiger partial charge in [-0.15, -0.1) is 0 Å². The standard InChI is InChI=1S/C15H20N4O2/c1-10(2)13-18-14(21-19-13)11-4-5-16-12(6-11)17-7-15(3)8-20-9-15/h4-6,10H,7-9H2,1-3H3,(H,16,17). The van der Waals surface area contributed by atoms with E-state index in [0.29, 0.717) is 5.89 Å². The summed E-state index contributed by atoms with van der Waals surface area (Å²) in [7, 11) is 0. The molecule has 3 heterocycles. The molecule has 0 atom stereocenters. The van der Waals surface area contributed by atoms with Crippen LogP contribution in [0.25, 0.3) is 11.5 Å². The first kappa shape index (κ1) is 14.0. The normalized spacial score (nSPS) is 16.8. The van der Waals surface area contributed by atoms with E-state index in [2.05, 4.69) is 27.4 Å². The zero-order valence-electron chi connectivity index (χ0n) is 12.6. The number of nitrogens with zero attached hydrogens (tertiary/aromatic N) is 3. The molecule has 1 aliphatic heterocycles. The average Bonchev–Trinajstić information content (AvgIpc) is 2.93. The molecule has 3 rings (SSSR count). The van der Waals surface area contributed by atoms with Crippen LogP contribution in [0, 0.1) is 5.41 Å². The van der Waals surface area contributed by atoms with Crippen LogP contribution in [0.5, 0.6) is 0 Å². The molecule has 0 aromatic carbocycles. The fraction of sp³-hybridized carbons (Fsp3) is 0.533. The van der Waals surface area contributed by atoms with E-state index < -0.39 is 0 Å². The number of hydrogen-bond acceptors (Lipinski definition) is 6. The minimum absolute atomic E-state index is 0.201. The third-order valence-corrected chi connectivity index (χ3v) is 3.56. The lowest BCUT2D eigenvalue weighted by molar-refractivity contribution is -0.0924. The van der Waals surface area contributed by atoms with Crippen molar-refractivity contribution in [2.24, 2.45) is 5.41 Å². The van der Waals surface area contributed by atoms with Gasteiger partial charge in [0.25, 0.3) is 5.89 Å². The van der Waals surface area contributed by atoms with E-state index in [0.717, 1.165) is 37.0 Å². The molecule has 0 saturated carbocycles. The van der Waals surface area contributed by atoms with E-state index in [1.54, 1.807) is 6.20 Å². The first-order chi connectivity index (χ1) is 10.1. The molecule has 0 spiro atoms. The molecule has 0 amide bonds. The predicted octanol–water partition coefficient (Wildman–Crippen LogP) is 2.70. The first-order valence-corrected chi connectivity index (χ1v) is 7.17. The largest absolute Gasteiger partial charge is 0.380 e. The quantitative estimate of drug-likeness (QED) is 0.912. The van der Waals surface area contributed by atoms with Gasteiger partial charge in [-0.2, -0.15) is 4.98 Å². The zero-order chi connectivity index (χ0) is 14.9. The number of pyridine rings is 1. The van der Waals surface area contributed by atoms with Crippen molar-refractivity contribution in [3.63, 3.8) is 0 Å². The molecule has 0 bridgehead atoms. The fourth-order valence-electron chi connectivity index (χ4n) is 2.10. The maximum atomic E-state index is 5.31. The van der Waals surface area contributed by atoms with Crippen LogP contribution in [-0.4, -0.2) is 34.9 Å². The maximum absolute atomic E-state index is 5.31. The van der Waals surface area contributed by atoms with Crippen molar-refractivity contribution in [1.82, 2.24) is 15.1 Å². The average molecular weight is 288 g/mol. The molecule has 1 saturated heterocycles. The molecule has 112 valence electrons. The van der Waals surface area contributed by atoms with Gasteiger partial charge in [0.15, 0.2) is 5.82 Å². The van der Waals surface area contributed by atoms with Gasteiger partial charge in [-0.05, 0) is 12.1 Å². The van der Waals surface area contributed by atoms with Gasteiger partial charge >= 0.3 is 0 Å². The summed E-state index contributed by atoms with van der Waals surface area (Å²) in [6.07, 6.45) is 1.75. The molecule has 6 heteroatoms. The molecule has 0 radical (unpaired) electrons. The number of aromatic nitrogens is 3. The highest BCUT2D eigenvalue weighted by Gasteiger charge is 2.33. The Kier molecular flexibility index (Phi) is 3.63. The van der Waals surface area contributed by atoms with Crippen LogP contribution >= 0.6 is 0 Å². The van der Waals surface area contributed by atoms with Gasteiger partial charge in [-0.1, -0.05) is 25.9 Å². The molecular weight excluding hydrogens is 268 g/mol. The van der Waals surface area contributed by atoms with E-state index in [9.17, 15) is 0 Å². The van der Waals surface area contributed by atoms with Gasteiger partial charge in [0, 0.05) is 29.6 Å². The number of ether oxygens (including phenoxy) is 1. The topological polar surface area (TPSA) is 73.1 Å². The Morgan fingerprint density at radius 1 is 1.38 bits per heavy atom. The molecule has 6 nitrogen and oxygen atoms in total. The van der Waals surface area contributed by atoms with Crippen molar-refractivity contribution >= 4 is 5.82 Å². The highest BCUT2D eigenvalue weighted by Crippen LogP contribution is 2.27. The van der Waals surface area contributed by atoms with Crippen molar-refractivity contribution in [3.8, 4) is 11.5 Å². The molecule has 2 aromatic rings. The highest BCUT2D eigenvalue weighted by atomic mass is 16.5. The molecular formula is C15H20N4O2. The summed E-state index contributed by atoms with van der Waals surface area (Å²) in [6, 6.07) is 3.80. The van der Waals surface area contributed by atoms with Crippen molar-refractivity contribution in [2.45, 2.75) is 26.7 Å². The number of hydrogen-bond donors (Lipinski definition) is 1. The van der Waals surface area contributed by atoms with Gasteiger partial charge in [-0.3, -0.25) is 0 Å². The Labute approximate surface area is 123 Å². The number of nitrogens with one attached hydrogen (secondary N) is 1. The van der Waals surface area contributed by atoms with Gasteiger partial charge in [0.1, 0.15) is 5.82 Å². The zero-order valence-corrected chi connectivity index (χ0v) is 12.6. The Morgan fingerprint density at radius 3 is 2.81 bits per heavy atom. The van der Waals surface area contributed by atoms with E-state index in [1.807, 2.05) is 26.0 Å². The third kappa shape index (κ3) is 3.05. The Hall–Kier alpha value is -1.95. The summed E-state index contributed by atoms with van der Waals surface area (Å²) >= 11 is 0. The van der Waals surface area contributed by atoms with Gasteiger partial charge in [-0.25, -0.2) is 4.98 Å². The SMILES string of the molecule is CC(C)c1noc(-c2ccnc(NCC3(C)COC3)c2)n1. The van der Waals surface area contributed by atoms with Crippen LogP contribution in [0.2, 0.25) is 0 Å². The minimum atomic E-state index is 0.201. The van der Waals surface area contributed by atoms with Crippen LogP contribution in [0.4, 0.5) is 5.82 Å². The summed E-state index contributed by atoms with van der Waals surface area (Å²) in [5.41, 5.74) is 1.08. The van der Waals surface area contributed by atoms with Crippen molar-refractivity contribution in [3.05, 3.63) is 24.2 Å². The lowest BCUT2D eigenvalue weighted by Gasteiger charge is -2.38. The summed E-state index contributed by atoms with van der Waals surface area (Å²) < 4.78 is 10.6. The molecule has 1 fully saturated rings. The van der Waals surface area contributed by atoms with Crippen molar-refractivity contribution < 1.29 is 9.26 Å².